The van der Waals surface area contributed by atoms with Gasteiger partial charge >= 0.3 is 10.2 Å². The zero-order chi connectivity index (χ0) is 27.0. The Morgan fingerprint density at radius 1 is 0.919 bits per heavy atom. The van der Waals surface area contributed by atoms with Gasteiger partial charge in [0.25, 0.3) is 11.8 Å². The fourth-order valence-electron chi connectivity index (χ4n) is 3.93. The number of amides is 2. The summed E-state index contributed by atoms with van der Waals surface area (Å²) < 4.78 is 28.3. The van der Waals surface area contributed by atoms with Gasteiger partial charge in [0.2, 0.25) is 0 Å². The van der Waals surface area contributed by atoms with E-state index in [1.54, 1.807) is 53.4 Å². The van der Waals surface area contributed by atoms with Gasteiger partial charge < -0.3 is 10.2 Å². The molecular formula is C28H36N4O4S. The molecule has 0 radical (unpaired) electrons. The van der Waals surface area contributed by atoms with Crippen LogP contribution >= 0.6 is 0 Å². The van der Waals surface area contributed by atoms with Crippen LogP contribution in [0.5, 0.6) is 0 Å². The normalized spacial score (nSPS) is 12.2. The molecule has 1 heterocycles. The van der Waals surface area contributed by atoms with E-state index in [4.69, 9.17) is 0 Å². The SMILES string of the molecule is CCCCN(CCCC)C(=O)C(=Cc1cn(S(=O)(=O)N(C)C)c2ccccc12)NC(=O)c1ccccc1. The van der Waals surface area contributed by atoms with Crippen LogP contribution in [-0.4, -0.2) is 60.6 Å². The molecule has 1 N–H and O–H groups in total. The maximum Gasteiger partial charge on any atom is 0.307 e. The molecule has 0 saturated carbocycles. The van der Waals surface area contributed by atoms with Crippen LogP contribution in [-0.2, 0) is 15.0 Å². The second-order valence-corrected chi connectivity index (χ2v) is 11.1. The average molecular weight is 525 g/mol. The third-order valence-corrected chi connectivity index (χ3v) is 7.81. The first-order chi connectivity index (χ1) is 17.7. The van der Waals surface area contributed by atoms with E-state index in [2.05, 4.69) is 19.2 Å². The Balaban J connectivity index is 2.14. The van der Waals surface area contributed by atoms with E-state index in [0.29, 0.717) is 35.1 Å². The van der Waals surface area contributed by atoms with E-state index < -0.39 is 16.1 Å². The van der Waals surface area contributed by atoms with Crippen LogP contribution in [0, 0.1) is 0 Å². The Hall–Kier alpha value is -3.43. The molecular weight excluding hydrogens is 488 g/mol. The minimum absolute atomic E-state index is 0.103. The summed E-state index contributed by atoms with van der Waals surface area (Å²) in [7, 11) is -0.874. The van der Waals surface area contributed by atoms with Crippen molar-refractivity contribution in [1.82, 2.24) is 18.5 Å². The molecule has 0 atom stereocenters. The highest BCUT2D eigenvalue weighted by molar-refractivity contribution is 7.87. The molecule has 0 aliphatic heterocycles. The lowest BCUT2D eigenvalue weighted by molar-refractivity contribution is -0.127. The molecule has 37 heavy (non-hydrogen) atoms. The number of nitrogens with zero attached hydrogens (tertiary/aromatic N) is 3. The number of hydrogen-bond donors (Lipinski definition) is 1. The van der Waals surface area contributed by atoms with Gasteiger partial charge in [-0.3, -0.25) is 9.59 Å². The molecule has 0 saturated heterocycles. The van der Waals surface area contributed by atoms with Gasteiger partial charge in [0.1, 0.15) is 5.70 Å². The first-order valence-corrected chi connectivity index (χ1v) is 14.0. The molecule has 0 fully saturated rings. The Kier molecular flexibility index (Phi) is 9.66. The Morgan fingerprint density at radius 2 is 1.51 bits per heavy atom. The fourth-order valence-corrected chi connectivity index (χ4v) is 4.94. The van der Waals surface area contributed by atoms with E-state index in [1.165, 1.54) is 24.3 Å². The lowest BCUT2D eigenvalue weighted by atomic mass is 10.1. The van der Waals surface area contributed by atoms with Gasteiger partial charge in [-0.2, -0.15) is 12.7 Å². The third kappa shape index (κ3) is 6.67. The molecule has 8 nitrogen and oxygen atoms in total. The molecule has 1 aromatic heterocycles. The van der Waals surface area contributed by atoms with E-state index in [1.807, 2.05) is 12.1 Å². The highest BCUT2D eigenvalue weighted by Crippen LogP contribution is 2.26. The number of rotatable bonds is 12. The number of hydrogen-bond acceptors (Lipinski definition) is 4. The second kappa shape index (κ2) is 12.7. The fraction of sp³-hybridized carbons (Fsp3) is 0.357. The van der Waals surface area contributed by atoms with Gasteiger partial charge in [0.05, 0.1) is 5.52 Å². The molecule has 0 spiro atoms. The van der Waals surface area contributed by atoms with Crippen molar-refractivity contribution in [1.29, 1.82) is 0 Å². The lowest BCUT2D eigenvalue weighted by Gasteiger charge is -2.24. The van der Waals surface area contributed by atoms with E-state index in [9.17, 15) is 18.0 Å². The van der Waals surface area contributed by atoms with Crippen LogP contribution in [0.4, 0.5) is 0 Å². The van der Waals surface area contributed by atoms with Crippen LogP contribution < -0.4 is 5.32 Å². The van der Waals surface area contributed by atoms with Crippen molar-refractivity contribution in [2.75, 3.05) is 27.2 Å². The molecule has 0 aliphatic rings. The summed E-state index contributed by atoms with van der Waals surface area (Å²) in [5.41, 5.74) is 1.53. The van der Waals surface area contributed by atoms with Gasteiger partial charge in [0.15, 0.2) is 0 Å². The second-order valence-electron chi connectivity index (χ2n) is 9.07. The van der Waals surface area contributed by atoms with Crippen molar-refractivity contribution in [3.05, 3.63) is 77.6 Å². The zero-order valence-corrected chi connectivity index (χ0v) is 22.8. The quantitative estimate of drug-likeness (QED) is 0.353. The third-order valence-electron chi connectivity index (χ3n) is 6.08. The van der Waals surface area contributed by atoms with Crippen molar-refractivity contribution in [2.45, 2.75) is 39.5 Å². The molecule has 0 bridgehead atoms. The first-order valence-electron chi connectivity index (χ1n) is 12.6. The van der Waals surface area contributed by atoms with E-state index in [0.717, 1.165) is 30.0 Å². The van der Waals surface area contributed by atoms with Crippen molar-refractivity contribution >= 4 is 39.0 Å². The number of fused-ring (bicyclic) bond motifs is 1. The zero-order valence-electron chi connectivity index (χ0n) is 22.0. The molecule has 2 amide bonds. The molecule has 3 rings (SSSR count). The molecule has 9 heteroatoms. The number of benzene rings is 2. The molecule has 2 aromatic carbocycles. The summed E-state index contributed by atoms with van der Waals surface area (Å²) in [4.78, 5) is 28.6. The molecule has 3 aromatic rings. The Morgan fingerprint density at radius 3 is 2.11 bits per heavy atom. The van der Waals surface area contributed by atoms with Crippen LogP contribution in [0.25, 0.3) is 17.0 Å². The molecule has 0 unspecified atom stereocenters. The van der Waals surface area contributed by atoms with E-state index >= 15 is 0 Å². The minimum atomic E-state index is -3.81. The van der Waals surface area contributed by atoms with Crippen LogP contribution in [0.1, 0.15) is 55.5 Å². The minimum Gasteiger partial charge on any atom is -0.337 e. The Bertz CT molecular complexity index is 1350. The summed E-state index contributed by atoms with van der Waals surface area (Å²) in [6.07, 6.45) is 6.62. The van der Waals surface area contributed by atoms with Crippen molar-refractivity contribution in [3.8, 4) is 0 Å². The summed E-state index contributed by atoms with van der Waals surface area (Å²) in [6.45, 7) is 5.28. The number of carbonyl (C=O) groups excluding carboxylic acids is 2. The molecule has 198 valence electrons. The van der Waals surface area contributed by atoms with Gasteiger partial charge in [-0.15, -0.1) is 0 Å². The Labute approximate surface area is 219 Å². The summed E-state index contributed by atoms with van der Waals surface area (Å²) in [5, 5.41) is 3.47. The van der Waals surface area contributed by atoms with Gasteiger partial charge in [-0.25, -0.2) is 3.97 Å². The highest BCUT2D eigenvalue weighted by Gasteiger charge is 2.24. The summed E-state index contributed by atoms with van der Waals surface area (Å²) in [5.74, 6) is -0.700. The van der Waals surface area contributed by atoms with E-state index in [-0.39, 0.29) is 11.6 Å². The number of para-hydroxylation sites is 1. The average Bonchev–Trinajstić information content (AvgIpc) is 3.27. The monoisotopic (exact) mass is 524 g/mol. The van der Waals surface area contributed by atoms with Crippen LogP contribution in [0.3, 0.4) is 0 Å². The maximum absolute atomic E-state index is 13.8. The number of nitrogens with one attached hydrogen (secondary N) is 1. The lowest BCUT2D eigenvalue weighted by Crippen LogP contribution is -2.39. The van der Waals surface area contributed by atoms with Gasteiger partial charge in [-0.1, -0.05) is 63.1 Å². The van der Waals surface area contributed by atoms with Crippen LogP contribution in [0.2, 0.25) is 0 Å². The summed E-state index contributed by atoms with van der Waals surface area (Å²) in [6, 6.07) is 15.8. The van der Waals surface area contributed by atoms with Crippen molar-refractivity contribution in [3.63, 3.8) is 0 Å². The largest absolute Gasteiger partial charge is 0.337 e. The predicted octanol–water partition coefficient (Wildman–Crippen LogP) is 4.50. The molecule has 0 aliphatic carbocycles. The smallest absolute Gasteiger partial charge is 0.307 e. The predicted molar refractivity (Wildman–Crippen MR) is 148 cm³/mol. The standard InChI is InChI=1S/C28H36N4O4S/c1-5-7-18-31(19-8-6-2)28(34)25(29-27(33)22-14-10-9-11-15-22)20-23-21-32(37(35,36)30(3)4)26-17-13-12-16-24(23)26/h9-17,20-21H,5-8,18-19H2,1-4H3,(H,29,33). The number of unbranched alkanes of at least 4 members (excludes halogenated alkanes) is 2. The topological polar surface area (TPSA) is 91.7 Å². The first kappa shape index (κ1) is 28.1. The van der Waals surface area contributed by atoms with Crippen molar-refractivity contribution in [2.24, 2.45) is 0 Å². The summed E-state index contributed by atoms with van der Waals surface area (Å²) >= 11 is 0. The highest BCUT2D eigenvalue weighted by atomic mass is 32.2. The van der Waals surface area contributed by atoms with Gasteiger partial charge in [-0.05, 0) is 37.1 Å². The maximum atomic E-state index is 13.8. The van der Waals surface area contributed by atoms with Gasteiger partial charge in [0, 0.05) is 49.9 Å². The number of carbonyl (C=O) groups is 2. The number of aromatic nitrogens is 1. The van der Waals surface area contributed by atoms with Crippen LogP contribution in [0.15, 0.2) is 66.5 Å². The van der Waals surface area contributed by atoms with Crippen molar-refractivity contribution < 1.29 is 18.0 Å².